The molecule has 0 saturated carbocycles. The van der Waals surface area contributed by atoms with Gasteiger partial charge in [-0.2, -0.15) is 0 Å². The summed E-state index contributed by atoms with van der Waals surface area (Å²) in [7, 11) is 0. The van der Waals surface area contributed by atoms with E-state index in [1.807, 2.05) is 0 Å². The molecular formula is C18H31N. The molecule has 0 heterocycles. The van der Waals surface area contributed by atoms with Crippen molar-refractivity contribution in [2.24, 2.45) is 0 Å². The SMILES string of the molecule is CCCCCC(C)NC(CC)c1ccc(CC)cc1. The Balaban J connectivity index is 2.51. The van der Waals surface area contributed by atoms with Crippen LogP contribution in [-0.4, -0.2) is 6.04 Å². The Hall–Kier alpha value is -0.820. The second-order valence-electron chi connectivity index (χ2n) is 5.62. The van der Waals surface area contributed by atoms with E-state index in [0.717, 1.165) is 12.8 Å². The first-order valence-corrected chi connectivity index (χ1v) is 8.06. The molecule has 0 aliphatic rings. The molecule has 0 spiro atoms. The van der Waals surface area contributed by atoms with Gasteiger partial charge in [-0.1, -0.05) is 64.3 Å². The van der Waals surface area contributed by atoms with Gasteiger partial charge in [0, 0.05) is 12.1 Å². The minimum absolute atomic E-state index is 0.502. The Morgan fingerprint density at radius 1 is 1.00 bits per heavy atom. The number of hydrogen-bond acceptors (Lipinski definition) is 1. The van der Waals surface area contributed by atoms with E-state index >= 15 is 0 Å². The summed E-state index contributed by atoms with van der Waals surface area (Å²) in [5.74, 6) is 0. The van der Waals surface area contributed by atoms with Crippen LogP contribution < -0.4 is 5.32 Å². The van der Waals surface area contributed by atoms with E-state index in [-0.39, 0.29) is 0 Å². The smallest absolute Gasteiger partial charge is 0.0319 e. The van der Waals surface area contributed by atoms with Crippen LogP contribution in [0, 0.1) is 0 Å². The van der Waals surface area contributed by atoms with Gasteiger partial charge in [-0.25, -0.2) is 0 Å². The third-order valence-corrected chi connectivity index (χ3v) is 3.92. The molecule has 1 aromatic carbocycles. The number of benzene rings is 1. The van der Waals surface area contributed by atoms with Gasteiger partial charge in [-0.05, 0) is 37.3 Å². The van der Waals surface area contributed by atoms with Crippen LogP contribution in [0.3, 0.4) is 0 Å². The Bertz CT molecular complexity index is 328. The summed E-state index contributed by atoms with van der Waals surface area (Å²) in [5.41, 5.74) is 2.86. The first kappa shape index (κ1) is 16.2. The summed E-state index contributed by atoms with van der Waals surface area (Å²) in [6.45, 7) is 9.06. The van der Waals surface area contributed by atoms with Crippen LogP contribution in [0.1, 0.15) is 77.0 Å². The fourth-order valence-electron chi connectivity index (χ4n) is 2.56. The Labute approximate surface area is 119 Å². The monoisotopic (exact) mass is 261 g/mol. The topological polar surface area (TPSA) is 12.0 Å². The molecule has 0 fully saturated rings. The van der Waals surface area contributed by atoms with Crippen molar-refractivity contribution in [1.29, 1.82) is 0 Å². The predicted octanol–water partition coefficient (Wildman–Crippen LogP) is 5.26. The first-order valence-electron chi connectivity index (χ1n) is 8.06. The molecule has 2 unspecified atom stereocenters. The molecule has 1 N–H and O–H groups in total. The molecule has 108 valence electrons. The van der Waals surface area contributed by atoms with Gasteiger partial charge in [0.15, 0.2) is 0 Å². The van der Waals surface area contributed by atoms with Gasteiger partial charge < -0.3 is 5.32 Å². The fourth-order valence-corrected chi connectivity index (χ4v) is 2.56. The molecule has 0 aliphatic heterocycles. The molecule has 1 rings (SSSR count). The predicted molar refractivity (Wildman–Crippen MR) is 85.6 cm³/mol. The van der Waals surface area contributed by atoms with Crippen molar-refractivity contribution < 1.29 is 0 Å². The molecular weight excluding hydrogens is 230 g/mol. The van der Waals surface area contributed by atoms with Crippen molar-refractivity contribution in [3.05, 3.63) is 35.4 Å². The van der Waals surface area contributed by atoms with Gasteiger partial charge >= 0.3 is 0 Å². The van der Waals surface area contributed by atoms with Gasteiger partial charge in [-0.15, -0.1) is 0 Å². The molecule has 1 nitrogen and oxygen atoms in total. The van der Waals surface area contributed by atoms with Crippen LogP contribution in [-0.2, 0) is 6.42 Å². The lowest BCUT2D eigenvalue weighted by Gasteiger charge is -2.23. The number of hydrogen-bond donors (Lipinski definition) is 1. The molecule has 0 radical (unpaired) electrons. The van der Waals surface area contributed by atoms with Gasteiger partial charge in [0.05, 0.1) is 0 Å². The van der Waals surface area contributed by atoms with Crippen LogP contribution in [0.4, 0.5) is 0 Å². The molecule has 0 aliphatic carbocycles. The van der Waals surface area contributed by atoms with Gasteiger partial charge in [0.2, 0.25) is 0 Å². The summed E-state index contributed by atoms with van der Waals surface area (Å²) >= 11 is 0. The number of rotatable bonds is 9. The maximum Gasteiger partial charge on any atom is 0.0319 e. The maximum atomic E-state index is 3.78. The summed E-state index contributed by atoms with van der Waals surface area (Å²) in [5, 5.41) is 3.78. The first-order chi connectivity index (χ1) is 9.21. The van der Waals surface area contributed by atoms with E-state index in [4.69, 9.17) is 0 Å². The largest absolute Gasteiger partial charge is 0.307 e. The highest BCUT2D eigenvalue weighted by Crippen LogP contribution is 2.19. The summed E-state index contributed by atoms with van der Waals surface area (Å²) in [4.78, 5) is 0. The molecule has 0 bridgehead atoms. The number of unbranched alkanes of at least 4 members (excludes halogenated alkanes) is 2. The van der Waals surface area contributed by atoms with Crippen molar-refractivity contribution in [3.63, 3.8) is 0 Å². The molecule has 1 heteroatoms. The lowest BCUT2D eigenvalue weighted by Crippen LogP contribution is -2.30. The van der Waals surface area contributed by atoms with Crippen LogP contribution >= 0.6 is 0 Å². The number of aryl methyl sites for hydroxylation is 1. The third kappa shape index (κ3) is 5.78. The normalized spacial score (nSPS) is 14.3. The van der Waals surface area contributed by atoms with Crippen LogP contribution in [0.25, 0.3) is 0 Å². The zero-order valence-corrected chi connectivity index (χ0v) is 13.2. The number of nitrogens with one attached hydrogen (secondary N) is 1. The standard InChI is InChI=1S/C18H31N/c1-5-8-9-10-15(4)19-18(7-3)17-13-11-16(6-2)12-14-17/h11-15,18-19H,5-10H2,1-4H3. The van der Waals surface area contributed by atoms with Gasteiger partial charge in [0.25, 0.3) is 0 Å². The van der Waals surface area contributed by atoms with Gasteiger partial charge in [-0.3, -0.25) is 0 Å². The molecule has 0 amide bonds. The molecule has 1 aromatic rings. The van der Waals surface area contributed by atoms with Gasteiger partial charge in [0.1, 0.15) is 0 Å². The summed E-state index contributed by atoms with van der Waals surface area (Å²) in [6, 6.07) is 10.2. The van der Waals surface area contributed by atoms with E-state index in [0.29, 0.717) is 12.1 Å². The Kier molecular flexibility index (Phi) is 7.81. The van der Waals surface area contributed by atoms with Crippen molar-refractivity contribution in [2.75, 3.05) is 0 Å². The average molecular weight is 261 g/mol. The minimum atomic E-state index is 0.502. The van der Waals surface area contributed by atoms with Crippen LogP contribution in [0.2, 0.25) is 0 Å². The molecule has 19 heavy (non-hydrogen) atoms. The van der Waals surface area contributed by atoms with Crippen molar-refractivity contribution in [2.45, 2.75) is 78.3 Å². The average Bonchev–Trinajstić information content (AvgIpc) is 2.45. The van der Waals surface area contributed by atoms with Crippen LogP contribution in [0.5, 0.6) is 0 Å². The lowest BCUT2D eigenvalue weighted by molar-refractivity contribution is 0.415. The van der Waals surface area contributed by atoms with E-state index in [1.54, 1.807) is 0 Å². The Morgan fingerprint density at radius 3 is 2.21 bits per heavy atom. The quantitative estimate of drug-likeness (QED) is 0.598. The molecule has 0 saturated heterocycles. The van der Waals surface area contributed by atoms with Crippen LogP contribution in [0.15, 0.2) is 24.3 Å². The second kappa shape index (κ2) is 9.14. The molecule has 2 atom stereocenters. The van der Waals surface area contributed by atoms with E-state index < -0.39 is 0 Å². The zero-order valence-electron chi connectivity index (χ0n) is 13.2. The fraction of sp³-hybridized carbons (Fsp3) is 0.667. The van der Waals surface area contributed by atoms with E-state index in [9.17, 15) is 0 Å². The summed E-state index contributed by atoms with van der Waals surface area (Å²) < 4.78 is 0. The highest BCUT2D eigenvalue weighted by atomic mass is 14.9. The lowest BCUT2D eigenvalue weighted by atomic mass is 10.00. The zero-order chi connectivity index (χ0) is 14.1. The molecule has 0 aromatic heterocycles. The second-order valence-corrected chi connectivity index (χ2v) is 5.62. The van der Waals surface area contributed by atoms with Crippen molar-refractivity contribution in [1.82, 2.24) is 5.32 Å². The van der Waals surface area contributed by atoms with Crippen molar-refractivity contribution >= 4 is 0 Å². The minimum Gasteiger partial charge on any atom is -0.307 e. The summed E-state index contributed by atoms with van der Waals surface area (Å²) in [6.07, 6.45) is 7.57. The highest BCUT2D eigenvalue weighted by Gasteiger charge is 2.12. The van der Waals surface area contributed by atoms with E-state index in [2.05, 4.69) is 57.3 Å². The maximum absolute atomic E-state index is 3.78. The van der Waals surface area contributed by atoms with E-state index in [1.165, 1.54) is 36.8 Å². The highest BCUT2D eigenvalue weighted by molar-refractivity contribution is 5.25. The third-order valence-electron chi connectivity index (χ3n) is 3.92. The van der Waals surface area contributed by atoms with Crippen molar-refractivity contribution in [3.8, 4) is 0 Å². The Morgan fingerprint density at radius 2 is 1.68 bits per heavy atom.